The molecular weight excluding hydrogens is 246 g/mol. The zero-order valence-electron chi connectivity index (χ0n) is 12.0. The summed E-state index contributed by atoms with van der Waals surface area (Å²) >= 11 is 6.35. The van der Waals surface area contributed by atoms with Crippen molar-refractivity contribution in [3.8, 4) is 5.75 Å². The number of nitrogens with two attached hydrogens (primary N) is 1. The SMILES string of the molecule is COc1c(C(C)C)cc(Cl)c(C)c1C(C)CCN. The van der Waals surface area contributed by atoms with Crippen molar-refractivity contribution in [2.75, 3.05) is 13.7 Å². The quantitative estimate of drug-likeness (QED) is 0.868. The molecule has 18 heavy (non-hydrogen) atoms. The summed E-state index contributed by atoms with van der Waals surface area (Å²) in [5, 5.41) is 0.818. The molecule has 0 saturated heterocycles. The molecule has 1 atom stereocenters. The molecular formula is C15H24ClNO. The first kappa shape index (κ1) is 15.3. The average Bonchev–Trinajstić information content (AvgIpc) is 2.31. The molecule has 0 aromatic heterocycles. The van der Waals surface area contributed by atoms with Gasteiger partial charge in [0.2, 0.25) is 0 Å². The third-order valence-electron chi connectivity index (χ3n) is 3.47. The lowest BCUT2D eigenvalue weighted by Gasteiger charge is -2.23. The van der Waals surface area contributed by atoms with Gasteiger partial charge >= 0.3 is 0 Å². The first-order valence-corrected chi connectivity index (χ1v) is 6.88. The fourth-order valence-corrected chi connectivity index (χ4v) is 2.63. The van der Waals surface area contributed by atoms with E-state index in [1.54, 1.807) is 7.11 Å². The molecule has 0 aliphatic rings. The highest BCUT2D eigenvalue weighted by molar-refractivity contribution is 6.31. The van der Waals surface area contributed by atoms with Crippen LogP contribution in [0.2, 0.25) is 5.02 Å². The number of hydrogen-bond donors (Lipinski definition) is 1. The van der Waals surface area contributed by atoms with Gasteiger partial charge in [-0.15, -0.1) is 0 Å². The second kappa shape index (κ2) is 6.44. The second-order valence-corrected chi connectivity index (χ2v) is 5.56. The maximum absolute atomic E-state index is 6.35. The number of rotatable bonds is 5. The van der Waals surface area contributed by atoms with E-state index in [9.17, 15) is 0 Å². The van der Waals surface area contributed by atoms with E-state index >= 15 is 0 Å². The van der Waals surface area contributed by atoms with Gasteiger partial charge in [0.15, 0.2) is 0 Å². The van der Waals surface area contributed by atoms with Crippen LogP contribution >= 0.6 is 11.6 Å². The molecule has 0 amide bonds. The monoisotopic (exact) mass is 269 g/mol. The van der Waals surface area contributed by atoms with E-state index in [1.807, 2.05) is 6.07 Å². The summed E-state index contributed by atoms with van der Waals surface area (Å²) in [6.45, 7) is 9.21. The van der Waals surface area contributed by atoms with Crippen LogP contribution in [0.4, 0.5) is 0 Å². The molecule has 0 bridgehead atoms. The Morgan fingerprint density at radius 2 is 1.94 bits per heavy atom. The number of halogens is 1. The molecule has 0 saturated carbocycles. The lowest BCUT2D eigenvalue weighted by molar-refractivity contribution is 0.397. The van der Waals surface area contributed by atoms with Crippen molar-refractivity contribution in [3.05, 3.63) is 27.8 Å². The molecule has 3 heteroatoms. The van der Waals surface area contributed by atoms with Crippen molar-refractivity contribution in [2.24, 2.45) is 5.73 Å². The Balaban J connectivity index is 3.45. The molecule has 0 aliphatic heterocycles. The van der Waals surface area contributed by atoms with E-state index in [0.29, 0.717) is 18.4 Å². The zero-order valence-corrected chi connectivity index (χ0v) is 12.8. The lowest BCUT2D eigenvalue weighted by atomic mass is 9.88. The summed E-state index contributed by atoms with van der Waals surface area (Å²) in [5.41, 5.74) is 9.16. The molecule has 0 radical (unpaired) electrons. The molecule has 0 spiro atoms. The van der Waals surface area contributed by atoms with E-state index in [0.717, 1.165) is 22.8 Å². The summed E-state index contributed by atoms with van der Waals surface area (Å²) in [6, 6.07) is 2.03. The molecule has 2 nitrogen and oxygen atoms in total. The first-order valence-electron chi connectivity index (χ1n) is 6.50. The Morgan fingerprint density at radius 1 is 1.33 bits per heavy atom. The van der Waals surface area contributed by atoms with Gasteiger partial charge in [0.25, 0.3) is 0 Å². The van der Waals surface area contributed by atoms with Gasteiger partial charge in [0.1, 0.15) is 5.75 Å². The number of hydrogen-bond acceptors (Lipinski definition) is 2. The first-order chi connectivity index (χ1) is 8.43. The Bertz CT molecular complexity index is 415. The second-order valence-electron chi connectivity index (χ2n) is 5.15. The van der Waals surface area contributed by atoms with Gasteiger partial charge < -0.3 is 10.5 Å². The van der Waals surface area contributed by atoms with Gasteiger partial charge in [-0.2, -0.15) is 0 Å². The maximum Gasteiger partial charge on any atom is 0.126 e. The topological polar surface area (TPSA) is 35.2 Å². The van der Waals surface area contributed by atoms with Crippen molar-refractivity contribution in [1.29, 1.82) is 0 Å². The summed E-state index contributed by atoms with van der Waals surface area (Å²) in [4.78, 5) is 0. The van der Waals surface area contributed by atoms with Crippen LogP contribution in [0.5, 0.6) is 5.75 Å². The van der Waals surface area contributed by atoms with E-state index in [1.165, 1.54) is 11.1 Å². The zero-order chi connectivity index (χ0) is 13.9. The summed E-state index contributed by atoms with van der Waals surface area (Å²) in [7, 11) is 1.73. The van der Waals surface area contributed by atoms with Crippen molar-refractivity contribution in [3.63, 3.8) is 0 Å². The predicted octanol–water partition coefficient (Wildman–Crippen LogP) is 4.23. The van der Waals surface area contributed by atoms with Crippen molar-refractivity contribution < 1.29 is 4.74 Å². The highest BCUT2D eigenvalue weighted by atomic mass is 35.5. The largest absolute Gasteiger partial charge is 0.496 e. The summed E-state index contributed by atoms with van der Waals surface area (Å²) < 4.78 is 5.64. The van der Waals surface area contributed by atoms with Crippen LogP contribution in [0.15, 0.2) is 6.07 Å². The molecule has 0 aliphatic carbocycles. The molecule has 0 heterocycles. The fourth-order valence-electron chi connectivity index (χ4n) is 2.41. The van der Waals surface area contributed by atoms with Crippen molar-refractivity contribution >= 4 is 11.6 Å². The molecule has 1 aromatic rings. The van der Waals surface area contributed by atoms with Gasteiger partial charge in [-0.25, -0.2) is 0 Å². The highest BCUT2D eigenvalue weighted by Crippen LogP contribution is 2.41. The van der Waals surface area contributed by atoms with E-state index in [-0.39, 0.29) is 0 Å². The number of benzene rings is 1. The van der Waals surface area contributed by atoms with Crippen molar-refractivity contribution in [2.45, 2.75) is 46.0 Å². The molecule has 102 valence electrons. The van der Waals surface area contributed by atoms with Crippen LogP contribution in [0.3, 0.4) is 0 Å². The van der Waals surface area contributed by atoms with Crippen LogP contribution in [-0.2, 0) is 0 Å². The molecule has 0 fully saturated rings. The normalized spacial score (nSPS) is 12.9. The third kappa shape index (κ3) is 2.99. The van der Waals surface area contributed by atoms with E-state index in [2.05, 4.69) is 27.7 Å². The van der Waals surface area contributed by atoms with E-state index < -0.39 is 0 Å². The van der Waals surface area contributed by atoms with Gasteiger partial charge in [0, 0.05) is 10.6 Å². The average molecular weight is 270 g/mol. The minimum absolute atomic E-state index is 0.362. The minimum atomic E-state index is 0.362. The van der Waals surface area contributed by atoms with Gasteiger partial charge in [-0.1, -0.05) is 32.4 Å². The van der Waals surface area contributed by atoms with Crippen LogP contribution in [0, 0.1) is 6.92 Å². The summed E-state index contributed by atoms with van der Waals surface area (Å²) in [6.07, 6.45) is 0.940. The fraction of sp³-hybridized carbons (Fsp3) is 0.600. The van der Waals surface area contributed by atoms with Gasteiger partial charge in [-0.05, 0) is 48.9 Å². The van der Waals surface area contributed by atoms with E-state index in [4.69, 9.17) is 22.1 Å². The lowest BCUT2D eigenvalue weighted by Crippen LogP contribution is -2.09. The minimum Gasteiger partial charge on any atom is -0.496 e. The van der Waals surface area contributed by atoms with Crippen LogP contribution in [-0.4, -0.2) is 13.7 Å². The van der Waals surface area contributed by atoms with Crippen LogP contribution < -0.4 is 10.5 Å². The number of methoxy groups -OCH3 is 1. The molecule has 1 unspecified atom stereocenters. The third-order valence-corrected chi connectivity index (χ3v) is 3.86. The Labute approximate surface area is 115 Å². The van der Waals surface area contributed by atoms with Crippen molar-refractivity contribution in [1.82, 2.24) is 0 Å². The molecule has 1 rings (SSSR count). The number of ether oxygens (including phenoxy) is 1. The Hall–Kier alpha value is -0.730. The predicted molar refractivity (Wildman–Crippen MR) is 78.9 cm³/mol. The molecule has 1 aromatic carbocycles. The Kier molecular flexibility index (Phi) is 5.48. The van der Waals surface area contributed by atoms with Crippen LogP contribution in [0.1, 0.15) is 55.7 Å². The highest BCUT2D eigenvalue weighted by Gasteiger charge is 2.21. The summed E-state index contributed by atoms with van der Waals surface area (Å²) in [5.74, 6) is 1.73. The standard InChI is InChI=1S/C15H24ClNO/c1-9(2)12-8-13(16)11(4)14(15(12)18-5)10(3)6-7-17/h8-10H,6-7,17H2,1-5H3. The smallest absolute Gasteiger partial charge is 0.126 e. The van der Waals surface area contributed by atoms with Gasteiger partial charge in [-0.3, -0.25) is 0 Å². The van der Waals surface area contributed by atoms with Gasteiger partial charge in [0.05, 0.1) is 7.11 Å². The van der Waals surface area contributed by atoms with Crippen LogP contribution in [0.25, 0.3) is 0 Å². The maximum atomic E-state index is 6.35. The Morgan fingerprint density at radius 3 is 2.39 bits per heavy atom. The molecule has 2 N–H and O–H groups in total.